The van der Waals surface area contributed by atoms with Crippen molar-refractivity contribution in [2.45, 2.75) is 51.7 Å². The zero-order valence-corrected chi connectivity index (χ0v) is 23.9. The highest BCUT2D eigenvalue weighted by atomic mass is 16.9. The molecular formula is C30H32N2O12. The highest BCUT2D eigenvalue weighted by Crippen LogP contribution is 2.35. The van der Waals surface area contributed by atoms with Crippen LogP contribution in [-0.4, -0.2) is 52.4 Å². The van der Waals surface area contributed by atoms with Gasteiger partial charge in [-0.2, -0.15) is 0 Å². The van der Waals surface area contributed by atoms with E-state index in [4.69, 9.17) is 23.0 Å². The predicted octanol–water partition coefficient (Wildman–Crippen LogP) is 3.99. The van der Waals surface area contributed by atoms with Gasteiger partial charge in [0.05, 0.1) is 18.8 Å². The van der Waals surface area contributed by atoms with Crippen molar-refractivity contribution in [1.82, 2.24) is 10.0 Å². The van der Waals surface area contributed by atoms with E-state index in [-0.39, 0.29) is 30.8 Å². The van der Waals surface area contributed by atoms with Gasteiger partial charge in [-0.25, -0.2) is 9.59 Å². The van der Waals surface area contributed by atoms with Gasteiger partial charge in [0.25, 0.3) is 0 Å². The van der Waals surface area contributed by atoms with Crippen LogP contribution in [0.1, 0.15) is 45.4 Å². The van der Waals surface area contributed by atoms with Gasteiger partial charge < -0.3 is 38.6 Å². The summed E-state index contributed by atoms with van der Waals surface area (Å²) in [5, 5.41) is 23.5. The molecular weight excluding hydrogens is 580 g/mol. The maximum Gasteiger partial charge on any atom is 0.537 e. The van der Waals surface area contributed by atoms with Crippen molar-refractivity contribution >= 4 is 40.0 Å². The van der Waals surface area contributed by atoms with Crippen molar-refractivity contribution in [3.05, 3.63) is 53.1 Å². The van der Waals surface area contributed by atoms with Crippen molar-refractivity contribution in [3.63, 3.8) is 0 Å². The van der Waals surface area contributed by atoms with Crippen LogP contribution in [0, 0.1) is 11.8 Å². The number of nitrogens with one attached hydrogen (secondary N) is 1. The molecule has 1 atom stereocenters. The van der Waals surface area contributed by atoms with Crippen LogP contribution in [0.25, 0.3) is 21.9 Å². The van der Waals surface area contributed by atoms with Gasteiger partial charge in [0.2, 0.25) is 29.7 Å². The summed E-state index contributed by atoms with van der Waals surface area (Å²) < 4.78 is 27.3. The molecule has 3 N–H and O–H groups in total. The quantitative estimate of drug-likeness (QED) is 0.0957. The molecule has 0 radical (unpaired) electrons. The molecule has 4 aromatic rings. The van der Waals surface area contributed by atoms with E-state index >= 15 is 0 Å². The summed E-state index contributed by atoms with van der Waals surface area (Å²) in [4.78, 5) is 53.3. The molecule has 44 heavy (non-hydrogen) atoms. The summed E-state index contributed by atoms with van der Waals surface area (Å²) in [5.41, 5.74) is 0.261. The van der Waals surface area contributed by atoms with Crippen molar-refractivity contribution in [2.75, 3.05) is 13.2 Å². The topological polar surface area (TPSA) is 189 Å². The van der Waals surface area contributed by atoms with Gasteiger partial charge in [-0.15, -0.1) is 4.73 Å². The van der Waals surface area contributed by atoms with E-state index in [1.165, 1.54) is 19.3 Å². The van der Waals surface area contributed by atoms with E-state index in [9.17, 15) is 29.4 Å². The molecule has 0 aliphatic heterocycles. The third kappa shape index (κ3) is 7.25. The predicted molar refractivity (Wildman–Crippen MR) is 152 cm³/mol. The van der Waals surface area contributed by atoms with Gasteiger partial charge in [-0.05, 0) is 56.2 Å². The second-order valence-corrected chi connectivity index (χ2v) is 10.5. The van der Waals surface area contributed by atoms with Crippen molar-refractivity contribution in [2.24, 2.45) is 11.8 Å². The lowest BCUT2D eigenvalue weighted by atomic mass is 9.82. The number of aromatic hydroxyl groups is 2. The van der Waals surface area contributed by atoms with Crippen LogP contribution in [0.4, 0.5) is 4.79 Å². The van der Waals surface area contributed by atoms with Crippen molar-refractivity contribution in [1.29, 1.82) is 0 Å². The van der Waals surface area contributed by atoms with Gasteiger partial charge in [0.15, 0.2) is 11.2 Å². The molecule has 1 amide bonds. The lowest BCUT2D eigenvalue weighted by Crippen LogP contribution is -2.34. The first-order valence-electron chi connectivity index (χ1n) is 14.2. The molecule has 0 saturated heterocycles. The number of nitrogens with zero attached hydrogens (tertiary/aromatic N) is 1. The molecule has 1 fully saturated rings. The fourth-order valence-electron chi connectivity index (χ4n) is 5.10. The van der Waals surface area contributed by atoms with Crippen LogP contribution < -0.4 is 20.5 Å². The number of esters is 1. The van der Waals surface area contributed by atoms with Crippen molar-refractivity contribution in [3.8, 4) is 17.5 Å². The second kappa shape index (κ2) is 13.4. The third-order valence-corrected chi connectivity index (χ3v) is 7.35. The number of furan rings is 1. The Morgan fingerprint density at radius 3 is 2.48 bits per heavy atom. The maximum absolute atomic E-state index is 12.5. The molecule has 0 spiro atoms. The molecule has 1 aromatic carbocycles. The molecule has 1 aliphatic carbocycles. The highest BCUT2D eigenvalue weighted by molar-refractivity contribution is 5.99. The number of ether oxygens (including phenoxy) is 3. The fraction of sp³-hybridized carbons (Fsp3) is 0.400. The molecule has 14 nitrogen and oxygen atoms in total. The van der Waals surface area contributed by atoms with Gasteiger partial charge in [0, 0.05) is 48.9 Å². The second-order valence-electron chi connectivity index (χ2n) is 10.5. The minimum atomic E-state index is -1.28. The van der Waals surface area contributed by atoms with Gasteiger partial charge in [-0.1, -0.05) is 0 Å². The lowest BCUT2D eigenvalue weighted by Gasteiger charge is -2.28. The van der Waals surface area contributed by atoms with Crippen LogP contribution in [0.2, 0.25) is 0 Å². The average molecular weight is 613 g/mol. The number of benzene rings is 1. The first-order chi connectivity index (χ1) is 21.2. The SMILES string of the molecule is CC(OC(=O)On1c(O)ccc1O)OC(=O)C1CCC(CNC(=O)CCCOc2c3occc3cc3ccc(=O)oc23)CC1. The Hall–Kier alpha value is -5.14. The zero-order valence-electron chi connectivity index (χ0n) is 23.9. The van der Waals surface area contributed by atoms with Gasteiger partial charge >= 0.3 is 17.8 Å². The third-order valence-electron chi connectivity index (χ3n) is 7.35. The molecule has 1 unspecified atom stereocenters. The largest absolute Gasteiger partial charge is 0.537 e. The first-order valence-corrected chi connectivity index (χ1v) is 14.2. The van der Waals surface area contributed by atoms with E-state index in [0.29, 0.717) is 65.7 Å². The standard InChI is InChI=1S/C30H32N2O12/c1-17(42-30(38)44-32-23(34)9-10-24(32)35)41-29(37)19-6-4-18(5-7-19)16-31-22(33)3-2-13-39-28-26-21(12-14-40-26)15-20-8-11-25(36)43-27(20)28/h8-12,14-15,17-19,34-35H,2-7,13,16H2,1H3,(H,31,33). The molecule has 3 aromatic heterocycles. The normalized spacial score (nSPS) is 17.2. The summed E-state index contributed by atoms with van der Waals surface area (Å²) in [7, 11) is 0. The fourth-order valence-corrected chi connectivity index (χ4v) is 5.10. The summed E-state index contributed by atoms with van der Waals surface area (Å²) in [6, 6.07) is 8.85. The minimum Gasteiger partial charge on any atom is -0.492 e. The number of rotatable bonds is 11. The lowest BCUT2D eigenvalue weighted by molar-refractivity contribution is -0.174. The van der Waals surface area contributed by atoms with E-state index < -0.39 is 35.8 Å². The zero-order chi connectivity index (χ0) is 31.2. The van der Waals surface area contributed by atoms with E-state index in [0.717, 1.165) is 17.5 Å². The summed E-state index contributed by atoms with van der Waals surface area (Å²) >= 11 is 0. The van der Waals surface area contributed by atoms with Crippen LogP contribution in [0.3, 0.4) is 0 Å². The molecule has 234 valence electrons. The van der Waals surface area contributed by atoms with Gasteiger partial charge in [-0.3, -0.25) is 14.4 Å². The molecule has 5 rings (SSSR count). The molecule has 14 heteroatoms. The van der Waals surface area contributed by atoms with Crippen LogP contribution >= 0.6 is 0 Å². The summed E-state index contributed by atoms with van der Waals surface area (Å²) in [6.07, 6.45) is 2.18. The number of amides is 1. The Morgan fingerprint density at radius 1 is 1.00 bits per heavy atom. The smallest absolute Gasteiger partial charge is 0.492 e. The van der Waals surface area contributed by atoms with E-state index in [1.54, 1.807) is 12.1 Å². The maximum atomic E-state index is 12.5. The highest BCUT2D eigenvalue weighted by Gasteiger charge is 2.29. The number of carbonyl (C=O) groups is 3. The van der Waals surface area contributed by atoms with Gasteiger partial charge in [0.1, 0.15) is 0 Å². The van der Waals surface area contributed by atoms with Crippen LogP contribution in [0.5, 0.6) is 17.5 Å². The Kier molecular flexibility index (Phi) is 9.26. The number of fused-ring (bicyclic) bond motifs is 2. The van der Waals surface area contributed by atoms with Crippen molar-refractivity contribution < 1.29 is 52.5 Å². The Labute approximate surface area is 250 Å². The Bertz CT molecular complexity index is 1680. The van der Waals surface area contributed by atoms with E-state index in [2.05, 4.69) is 10.2 Å². The minimum absolute atomic E-state index is 0.123. The summed E-state index contributed by atoms with van der Waals surface area (Å²) in [6.45, 7) is 2.04. The Balaban J connectivity index is 0.987. The monoisotopic (exact) mass is 612 g/mol. The van der Waals surface area contributed by atoms with Crippen LogP contribution in [-0.2, 0) is 19.1 Å². The number of carbonyl (C=O) groups excluding carboxylic acids is 3. The molecule has 1 saturated carbocycles. The molecule has 1 aliphatic rings. The van der Waals surface area contributed by atoms with E-state index in [1.807, 2.05) is 6.07 Å². The molecule has 3 heterocycles. The first kappa shape index (κ1) is 30.3. The summed E-state index contributed by atoms with van der Waals surface area (Å²) in [5.74, 6) is -1.52. The van der Waals surface area contributed by atoms with Crippen LogP contribution in [0.15, 0.2) is 56.3 Å². The number of hydrogen-bond donors (Lipinski definition) is 3. The molecule has 0 bridgehead atoms. The average Bonchev–Trinajstić information content (AvgIpc) is 3.59. The number of hydrogen-bond acceptors (Lipinski definition) is 12. The number of aromatic nitrogens is 1. The Morgan fingerprint density at radius 2 is 1.73 bits per heavy atom.